The maximum absolute atomic E-state index is 14.0. The molecule has 0 unspecified atom stereocenters. The lowest BCUT2D eigenvalue weighted by Gasteiger charge is -2.38. The SMILES string of the molecule is CCN1C(=O)[C@@H](NC(=O)c2cccc(C(F)(F)F)c2)[C@@H](c2ccc(F)nc2)c2c(C)nn(-c3ccccc3)c21. The van der Waals surface area contributed by atoms with Gasteiger partial charge in [0.25, 0.3) is 11.8 Å². The highest BCUT2D eigenvalue weighted by Gasteiger charge is 2.45. The fraction of sp³-hybridized carbons (Fsp3) is 0.214. The number of alkyl halides is 3. The first-order valence-electron chi connectivity index (χ1n) is 12.2. The predicted octanol–water partition coefficient (Wildman–Crippen LogP) is 5.03. The number of hydrogen-bond acceptors (Lipinski definition) is 4. The minimum absolute atomic E-state index is 0.230. The summed E-state index contributed by atoms with van der Waals surface area (Å²) in [7, 11) is 0. The molecule has 1 aliphatic heterocycles. The molecule has 2 atom stereocenters. The van der Waals surface area contributed by atoms with Gasteiger partial charge in [-0.2, -0.15) is 22.7 Å². The number of likely N-dealkylation sites (N-methyl/N-ethyl adjacent to an activating group) is 1. The molecule has 0 bridgehead atoms. The molecule has 39 heavy (non-hydrogen) atoms. The molecule has 0 fully saturated rings. The zero-order chi connectivity index (χ0) is 27.9. The zero-order valence-corrected chi connectivity index (χ0v) is 20.9. The molecule has 2 aromatic heterocycles. The van der Waals surface area contributed by atoms with Crippen LogP contribution in [0.1, 0.15) is 45.6 Å². The average Bonchev–Trinajstić information content (AvgIpc) is 3.26. The summed E-state index contributed by atoms with van der Waals surface area (Å²) in [6.45, 7) is 3.76. The standard InChI is InChI=1S/C28H23F4N5O2/c1-3-36-26-22(16(2)35-37(26)20-10-5-4-6-11-20)23(18-12-13-21(29)33-15-18)24(27(36)39)34-25(38)17-8-7-9-19(14-17)28(30,31)32/h4-15,23-24H,3H2,1-2H3,(H,34,38)/t23-,24-/m0/s1. The molecule has 3 heterocycles. The molecule has 0 aliphatic carbocycles. The van der Waals surface area contributed by atoms with Crippen molar-refractivity contribution in [3.05, 3.63) is 107 Å². The molecule has 0 radical (unpaired) electrons. The Hall–Kier alpha value is -4.54. The Bertz CT molecular complexity index is 1530. The van der Waals surface area contributed by atoms with E-state index in [2.05, 4.69) is 15.4 Å². The first-order chi connectivity index (χ1) is 18.6. The first kappa shape index (κ1) is 26.1. The molecule has 5 rings (SSSR count). The number of carbonyl (C=O) groups excluding carboxylic acids is 2. The van der Waals surface area contributed by atoms with Crippen LogP contribution < -0.4 is 10.2 Å². The van der Waals surface area contributed by atoms with Gasteiger partial charge in [0.1, 0.15) is 11.9 Å². The third kappa shape index (κ3) is 4.75. The fourth-order valence-corrected chi connectivity index (χ4v) is 4.92. The van der Waals surface area contributed by atoms with Gasteiger partial charge in [0, 0.05) is 29.8 Å². The van der Waals surface area contributed by atoms with Crippen LogP contribution in [0.5, 0.6) is 0 Å². The van der Waals surface area contributed by atoms with E-state index in [1.165, 1.54) is 23.2 Å². The average molecular weight is 538 g/mol. The molecule has 2 aromatic carbocycles. The number of carbonyl (C=O) groups is 2. The number of benzene rings is 2. The van der Waals surface area contributed by atoms with Crippen LogP contribution in [-0.4, -0.2) is 39.2 Å². The van der Waals surface area contributed by atoms with E-state index in [9.17, 15) is 27.2 Å². The number of nitrogens with zero attached hydrogens (tertiary/aromatic N) is 4. The number of para-hydroxylation sites is 1. The summed E-state index contributed by atoms with van der Waals surface area (Å²) in [5.41, 5.74) is 1.08. The number of halogens is 4. The Morgan fingerprint density at radius 1 is 1.05 bits per heavy atom. The van der Waals surface area contributed by atoms with Crippen LogP contribution in [0, 0.1) is 12.9 Å². The van der Waals surface area contributed by atoms with E-state index < -0.39 is 41.5 Å². The Morgan fingerprint density at radius 3 is 2.44 bits per heavy atom. The van der Waals surface area contributed by atoms with Crippen molar-refractivity contribution >= 4 is 17.6 Å². The number of pyridine rings is 1. The van der Waals surface area contributed by atoms with E-state index in [-0.39, 0.29) is 12.1 Å². The number of rotatable bonds is 5. The molecule has 1 N–H and O–H groups in total. The summed E-state index contributed by atoms with van der Waals surface area (Å²) in [5, 5.41) is 7.34. The lowest BCUT2D eigenvalue weighted by molar-refractivity contribution is -0.137. The molecule has 11 heteroatoms. The minimum atomic E-state index is -4.64. The van der Waals surface area contributed by atoms with E-state index in [0.717, 1.165) is 24.3 Å². The van der Waals surface area contributed by atoms with Gasteiger partial charge in [-0.1, -0.05) is 30.3 Å². The highest BCUT2D eigenvalue weighted by Crippen LogP contribution is 2.43. The molecular weight excluding hydrogens is 514 g/mol. The Labute approximate surface area is 221 Å². The van der Waals surface area contributed by atoms with Crippen LogP contribution in [0.4, 0.5) is 23.4 Å². The van der Waals surface area contributed by atoms with Gasteiger partial charge >= 0.3 is 6.18 Å². The van der Waals surface area contributed by atoms with Gasteiger partial charge in [0.05, 0.1) is 16.9 Å². The number of hydrogen-bond donors (Lipinski definition) is 1. The highest BCUT2D eigenvalue weighted by atomic mass is 19.4. The Kier molecular flexibility index (Phi) is 6.67. The molecule has 7 nitrogen and oxygen atoms in total. The third-order valence-corrected chi connectivity index (χ3v) is 6.68. The summed E-state index contributed by atoms with van der Waals surface area (Å²) in [6.07, 6.45) is -3.36. The molecule has 2 amide bonds. The largest absolute Gasteiger partial charge is 0.416 e. The lowest BCUT2D eigenvalue weighted by Crippen LogP contribution is -2.55. The van der Waals surface area contributed by atoms with Crippen molar-refractivity contribution in [2.45, 2.75) is 32.0 Å². The number of fused-ring (bicyclic) bond motifs is 1. The molecule has 1 aliphatic rings. The van der Waals surface area contributed by atoms with Crippen LogP contribution in [0.25, 0.3) is 5.69 Å². The van der Waals surface area contributed by atoms with Gasteiger partial charge in [-0.05, 0) is 55.8 Å². The Morgan fingerprint density at radius 2 is 1.79 bits per heavy atom. The zero-order valence-electron chi connectivity index (χ0n) is 20.9. The second-order valence-corrected chi connectivity index (χ2v) is 9.07. The fourth-order valence-electron chi connectivity index (χ4n) is 4.92. The summed E-state index contributed by atoms with van der Waals surface area (Å²) in [4.78, 5) is 32.4. The number of amides is 2. The van der Waals surface area contributed by atoms with Crippen molar-refractivity contribution in [1.82, 2.24) is 20.1 Å². The van der Waals surface area contributed by atoms with Crippen LogP contribution in [0.15, 0.2) is 72.9 Å². The Balaban J connectivity index is 1.65. The van der Waals surface area contributed by atoms with Crippen LogP contribution in [0.2, 0.25) is 0 Å². The van der Waals surface area contributed by atoms with Gasteiger partial charge in [0.2, 0.25) is 5.95 Å². The van der Waals surface area contributed by atoms with E-state index in [1.54, 1.807) is 18.5 Å². The van der Waals surface area contributed by atoms with Crippen molar-refractivity contribution in [1.29, 1.82) is 0 Å². The van der Waals surface area contributed by atoms with E-state index >= 15 is 0 Å². The molecule has 0 spiro atoms. The quantitative estimate of drug-likeness (QED) is 0.286. The van der Waals surface area contributed by atoms with E-state index in [1.807, 2.05) is 30.3 Å². The highest BCUT2D eigenvalue weighted by molar-refractivity contribution is 6.05. The summed E-state index contributed by atoms with van der Waals surface area (Å²) < 4.78 is 55.2. The predicted molar refractivity (Wildman–Crippen MR) is 135 cm³/mol. The van der Waals surface area contributed by atoms with Crippen molar-refractivity contribution < 1.29 is 27.2 Å². The van der Waals surface area contributed by atoms with Gasteiger partial charge in [-0.3, -0.25) is 14.5 Å². The summed E-state index contributed by atoms with van der Waals surface area (Å²) in [6, 6.07) is 14.5. The van der Waals surface area contributed by atoms with Crippen molar-refractivity contribution in [2.75, 3.05) is 11.4 Å². The third-order valence-electron chi connectivity index (χ3n) is 6.68. The van der Waals surface area contributed by atoms with Crippen LogP contribution >= 0.6 is 0 Å². The normalized spacial score (nSPS) is 17.2. The maximum Gasteiger partial charge on any atom is 0.416 e. The van der Waals surface area contributed by atoms with Gasteiger partial charge in [0.15, 0.2) is 0 Å². The number of aromatic nitrogens is 3. The van der Waals surface area contributed by atoms with Crippen molar-refractivity contribution in [3.63, 3.8) is 0 Å². The summed E-state index contributed by atoms with van der Waals surface area (Å²) >= 11 is 0. The monoisotopic (exact) mass is 537 g/mol. The minimum Gasteiger partial charge on any atom is -0.339 e. The second-order valence-electron chi connectivity index (χ2n) is 9.07. The molecule has 4 aromatic rings. The molecular formula is C28H23F4N5O2. The van der Waals surface area contributed by atoms with Gasteiger partial charge in [-0.15, -0.1) is 0 Å². The van der Waals surface area contributed by atoms with Crippen molar-refractivity contribution in [2.24, 2.45) is 0 Å². The van der Waals surface area contributed by atoms with Gasteiger partial charge < -0.3 is 5.32 Å². The maximum atomic E-state index is 14.0. The number of aryl methyl sites for hydroxylation is 1. The first-order valence-corrected chi connectivity index (χ1v) is 12.2. The second kappa shape index (κ2) is 9.97. The summed E-state index contributed by atoms with van der Waals surface area (Å²) in [5.74, 6) is -2.41. The lowest BCUT2D eigenvalue weighted by atomic mass is 9.81. The molecule has 0 saturated carbocycles. The smallest absolute Gasteiger partial charge is 0.339 e. The van der Waals surface area contributed by atoms with Crippen LogP contribution in [0.3, 0.4) is 0 Å². The van der Waals surface area contributed by atoms with E-state index in [4.69, 9.17) is 0 Å². The molecule has 200 valence electrons. The number of nitrogens with one attached hydrogen (secondary N) is 1. The molecule has 0 saturated heterocycles. The van der Waals surface area contributed by atoms with Gasteiger partial charge in [-0.25, -0.2) is 9.67 Å². The number of anilines is 1. The van der Waals surface area contributed by atoms with Crippen LogP contribution in [-0.2, 0) is 11.0 Å². The van der Waals surface area contributed by atoms with E-state index in [0.29, 0.717) is 28.3 Å². The topological polar surface area (TPSA) is 80.1 Å². The van der Waals surface area contributed by atoms with Crippen molar-refractivity contribution in [3.8, 4) is 5.69 Å².